The van der Waals surface area contributed by atoms with E-state index < -0.39 is 0 Å². The lowest BCUT2D eigenvalue weighted by molar-refractivity contribution is 0.185. The van der Waals surface area contributed by atoms with Crippen LogP contribution in [0.5, 0.6) is 0 Å². The highest BCUT2D eigenvalue weighted by Crippen LogP contribution is 2.18. The normalized spacial score (nSPS) is 9.65. The van der Waals surface area contributed by atoms with Crippen molar-refractivity contribution in [1.29, 1.82) is 0 Å². The summed E-state index contributed by atoms with van der Waals surface area (Å²) in [6.07, 6.45) is 1.94. The third kappa shape index (κ3) is 3.71. The number of nitrogens with zero attached hydrogens (tertiary/aromatic N) is 2. The van der Waals surface area contributed by atoms with Gasteiger partial charge in [0.15, 0.2) is 0 Å². The number of hydrogen-bond acceptors (Lipinski definition) is 2. The first kappa shape index (κ1) is 13.5. The van der Waals surface area contributed by atoms with Crippen molar-refractivity contribution in [2.24, 2.45) is 7.05 Å². The molecule has 0 atom stereocenters. The highest BCUT2D eigenvalue weighted by atomic mass is 16.5. The molecular weight excluding hydrogens is 212 g/mol. The monoisotopic (exact) mass is 232 g/mol. The van der Waals surface area contributed by atoms with Crippen LogP contribution in [0.15, 0.2) is 36.5 Å². The molecule has 2 rings (SSSR count). The van der Waals surface area contributed by atoms with Crippen LogP contribution in [-0.4, -0.2) is 16.9 Å². The van der Waals surface area contributed by atoms with E-state index in [1.165, 1.54) is 5.56 Å². The molecule has 0 spiro atoms. The van der Waals surface area contributed by atoms with Gasteiger partial charge in [0.05, 0.1) is 12.3 Å². The van der Waals surface area contributed by atoms with Gasteiger partial charge in [-0.1, -0.05) is 32.0 Å². The molecule has 0 saturated heterocycles. The quantitative estimate of drug-likeness (QED) is 0.812. The van der Waals surface area contributed by atoms with Crippen LogP contribution in [-0.2, 0) is 18.4 Å². The van der Waals surface area contributed by atoms with Gasteiger partial charge < -0.3 is 4.74 Å². The van der Waals surface area contributed by atoms with E-state index in [0.717, 1.165) is 11.3 Å². The first-order valence-corrected chi connectivity index (χ1v) is 5.87. The Kier molecular flexibility index (Phi) is 5.43. The number of aromatic nitrogens is 2. The SMILES string of the molecule is CC.COCc1cccc(-c2ccn(C)n2)c1. The summed E-state index contributed by atoms with van der Waals surface area (Å²) in [5.74, 6) is 0. The maximum Gasteiger partial charge on any atom is 0.0923 e. The Hall–Kier alpha value is -1.61. The van der Waals surface area contributed by atoms with E-state index in [0.29, 0.717) is 6.61 Å². The second-order valence-electron chi connectivity index (χ2n) is 3.51. The van der Waals surface area contributed by atoms with Crippen LogP contribution in [0, 0.1) is 0 Å². The van der Waals surface area contributed by atoms with Crippen LogP contribution in [0.3, 0.4) is 0 Å². The van der Waals surface area contributed by atoms with Crippen molar-refractivity contribution in [1.82, 2.24) is 9.78 Å². The summed E-state index contributed by atoms with van der Waals surface area (Å²) in [4.78, 5) is 0. The number of methoxy groups -OCH3 is 1. The average molecular weight is 232 g/mol. The predicted molar refractivity (Wildman–Crippen MR) is 70.7 cm³/mol. The Balaban J connectivity index is 0.000000686. The van der Waals surface area contributed by atoms with Crippen molar-refractivity contribution in [2.45, 2.75) is 20.5 Å². The molecule has 0 fully saturated rings. The third-order valence-corrected chi connectivity index (χ3v) is 2.25. The van der Waals surface area contributed by atoms with E-state index in [2.05, 4.69) is 23.3 Å². The first-order valence-electron chi connectivity index (χ1n) is 5.87. The van der Waals surface area contributed by atoms with Gasteiger partial charge in [0.2, 0.25) is 0 Å². The first-order chi connectivity index (χ1) is 8.29. The lowest BCUT2D eigenvalue weighted by Gasteiger charge is -2.01. The average Bonchev–Trinajstić information content (AvgIpc) is 2.79. The zero-order valence-corrected chi connectivity index (χ0v) is 11.0. The molecule has 2 aromatic rings. The molecule has 0 aliphatic carbocycles. The lowest BCUT2D eigenvalue weighted by atomic mass is 10.1. The minimum Gasteiger partial charge on any atom is -0.380 e. The zero-order chi connectivity index (χ0) is 12.7. The molecule has 0 radical (unpaired) electrons. The molecule has 0 aliphatic rings. The van der Waals surface area contributed by atoms with Crippen molar-refractivity contribution in [3.63, 3.8) is 0 Å². The van der Waals surface area contributed by atoms with Gasteiger partial charge in [-0.05, 0) is 17.7 Å². The van der Waals surface area contributed by atoms with Gasteiger partial charge >= 0.3 is 0 Å². The molecule has 1 aromatic carbocycles. The van der Waals surface area contributed by atoms with Crippen molar-refractivity contribution in [3.8, 4) is 11.3 Å². The number of ether oxygens (including phenoxy) is 1. The lowest BCUT2D eigenvalue weighted by Crippen LogP contribution is -1.90. The Morgan fingerprint density at radius 2 is 2.00 bits per heavy atom. The largest absolute Gasteiger partial charge is 0.380 e. The standard InChI is InChI=1S/C12H14N2O.C2H6/c1-14-7-6-12(13-14)11-5-3-4-10(8-11)9-15-2;1-2/h3-8H,9H2,1-2H3;1-2H3. The Labute approximate surface area is 103 Å². The van der Waals surface area contributed by atoms with Gasteiger partial charge in [0, 0.05) is 25.9 Å². The fourth-order valence-corrected chi connectivity index (χ4v) is 1.56. The summed E-state index contributed by atoms with van der Waals surface area (Å²) in [7, 11) is 3.62. The summed E-state index contributed by atoms with van der Waals surface area (Å²) in [6.45, 7) is 4.64. The molecule has 0 saturated carbocycles. The summed E-state index contributed by atoms with van der Waals surface area (Å²) >= 11 is 0. The molecule has 1 heterocycles. The van der Waals surface area contributed by atoms with Crippen LogP contribution < -0.4 is 0 Å². The minimum absolute atomic E-state index is 0.640. The van der Waals surface area contributed by atoms with Gasteiger partial charge in [-0.15, -0.1) is 0 Å². The van der Waals surface area contributed by atoms with Gasteiger partial charge in [0.1, 0.15) is 0 Å². The van der Waals surface area contributed by atoms with E-state index >= 15 is 0 Å². The number of hydrogen-bond donors (Lipinski definition) is 0. The Bertz CT molecular complexity index is 449. The molecule has 0 amide bonds. The number of benzene rings is 1. The van der Waals surface area contributed by atoms with Gasteiger partial charge in [0.25, 0.3) is 0 Å². The van der Waals surface area contributed by atoms with Gasteiger partial charge in [-0.3, -0.25) is 4.68 Å². The molecular formula is C14H20N2O. The molecule has 0 aliphatic heterocycles. The molecule has 92 valence electrons. The molecule has 0 N–H and O–H groups in total. The fraction of sp³-hybridized carbons (Fsp3) is 0.357. The van der Waals surface area contributed by atoms with Gasteiger partial charge in [-0.2, -0.15) is 5.10 Å². The molecule has 3 nitrogen and oxygen atoms in total. The zero-order valence-electron chi connectivity index (χ0n) is 11.0. The van der Waals surface area contributed by atoms with Crippen LogP contribution in [0.25, 0.3) is 11.3 Å². The second kappa shape index (κ2) is 6.86. The van der Waals surface area contributed by atoms with Crippen molar-refractivity contribution >= 4 is 0 Å². The molecule has 3 heteroatoms. The topological polar surface area (TPSA) is 27.1 Å². The number of aryl methyl sites for hydroxylation is 1. The fourth-order valence-electron chi connectivity index (χ4n) is 1.56. The molecule has 0 bridgehead atoms. The van der Waals surface area contributed by atoms with E-state index in [9.17, 15) is 0 Å². The maximum atomic E-state index is 5.10. The summed E-state index contributed by atoms with van der Waals surface area (Å²) in [5, 5.41) is 4.36. The third-order valence-electron chi connectivity index (χ3n) is 2.25. The van der Waals surface area contributed by atoms with E-state index in [1.807, 2.05) is 39.2 Å². The molecule has 17 heavy (non-hydrogen) atoms. The van der Waals surface area contributed by atoms with Gasteiger partial charge in [-0.25, -0.2) is 0 Å². The van der Waals surface area contributed by atoms with E-state index in [4.69, 9.17) is 4.74 Å². The van der Waals surface area contributed by atoms with Crippen LogP contribution >= 0.6 is 0 Å². The second-order valence-corrected chi connectivity index (χ2v) is 3.51. The van der Waals surface area contributed by atoms with E-state index in [-0.39, 0.29) is 0 Å². The smallest absolute Gasteiger partial charge is 0.0923 e. The minimum atomic E-state index is 0.640. The summed E-state index contributed by atoms with van der Waals surface area (Å²) < 4.78 is 6.90. The molecule has 1 aromatic heterocycles. The Morgan fingerprint density at radius 3 is 2.59 bits per heavy atom. The molecule has 0 unspecified atom stereocenters. The van der Waals surface area contributed by atoms with Crippen molar-refractivity contribution < 1.29 is 4.74 Å². The highest BCUT2D eigenvalue weighted by molar-refractivity contribution is 5.59. The van der Waals surface area contributed by atoms with Crippen LogP contribution in [0.4, 0.5) is 0 Å². The maximum absolute atomic E-state index is 5.10. The predicted octanol–water partition coefficient (Wildman–Crippen LogP) is 3.26. The summed E-state index contributed by atoms with van der Waals surface area (Å²) in [6, 6.07) is 10.2. The van der Waals surface area contributed by atoms with Crippen molar-refractivity contribution in [2.75, 3.05) is 7.11 Å². The summed E-state index contributed by atoms with van der Waals surface area (Å²) in [5.41, 5.74) is 3.29. The van der Waals surface area contributed by atoms with Crippen LogP contribution in [0.1, 0.15) is 19.4 Å². The number of rotatable bonds is 3. The van der Waals surface area contributed by atoms with Crippen LogP contribution in [0.2, 0.25) is 0 Å². The van der Waals surface area contributed by atoms with Crippen molar-refractivity contribution in [3.05, 3.63) is 42.1 Å². The van der Waals surface area contributed by atoms with E-state index in [1.54, 1.807) is 11.8 Å². The Morgan fingerprint density at radius 1 is 1.24 bits per heavy atom. The highest BCUT2D eigenvalue weighted by Gasteiger charge is 2.01.